The van der Waals surface area contributed by atoms with Crippen LogP contribution < -0.4 is 10.6 Å². The van der Waals surface area contributed by atoms with Gasteiger partial charge in [0.1, 0.15) is 0 Å². The molecule has 0 spiro atoms. The number of aromatic nitrogens is 2. The molecule has 2 N–H and O–H groups in total. The average molecular weight is 357 g/mol. The van der Waals surface area contributed by atoms with E-state index in [9.17, 15) is 4.79 Å². The molecule has 1 saturated carbocycles. The summed E-state index contributed by atoms with van der Waals surface area (Å²) in [5.41, 5.74) is 2.54. The maximum Gasteiger partial charge on any atom is 0.255 e. The smallest absolute Gasteiger partial charge is 0.255 e. The number of rotatable bonds is 7. The zero-order valence-corrected chi connectivity index (χ0v) is 16.2. The van der Waals surface area contributed by atoms with Crippen LogP contribution in [0.15, 0.2) is 0 Å². The fourth-order valence-electron chi connectivity index (χ4n) is 3.48. The molecule has 1 aliphatic rings. The fraction of sp³-hybridized carbons (Fsp3) is 0.778. The first-order chi connectivity index (χ1) is 11.1. The molecule has 0 atom stereocenters. The first-order valence-electron chi connectivity index (χ1n) is 9.19. The fourth-order valence-corrected chi connectivity index (χ4v) is 3.48. The molecule has 138 valence electrons. The third-order valence-corrected chi connectivity index (χ3v) is 4.74. The lowest BCUT2D eigenvalue weighted by molar-refractivity contribution is 0.0952. The molecule has 1 amide bonds. The summed E-state index contributed by atoms with van der Waals surface area (Å²) in [6.07, 6.45) is 8.97. The number of halogens is 1. The number of hydrogen-bond donors (Lipinski definition) is 2. The first-order valence-corrected chi connectivity index (χ1v) is 9.19. The Kier molecular flexibility index (Phi) is 9.37. The van der Waals surface area contributed by atoms with Gasteiger partial charge < -0.3 is 10.6 Å². The maximum absolute atomic E-state index is 12.4. The molecule has 1 aliphatic carbocycles. The van der Waals surface area contributed by atoms with Crippen molar-refractivity contribution in [1.29, 1.82) is 0 Å². The van der Waals surface area contributed by atoms with Crippen LogP contribution in [0.1, 0.15) is 73.6 Å². The molecule has 1 heterocycles. The second-order valence-electron chi connectivity index (χ2n) is 6.67. The van der Waals surface area contributed by atoms with E-state index < -0.39 is 0 Å². The Labute approximate surface area is 152 Å². The Bertz CT molecular complexity index is 507. The summed E-state index contributed by atoms with van der Waals surface area (Å²) >= 11 is 0. The predicted molar refractivity (Wildman–Crippen MR) is 101 cm³/mol. The summed E-state index contributed by atoms with van der Waals surface area (Å²) in [4.78, 5) is 12.4. The van der Waals surface area contributed by atoms with Crippen LogP contribution in [0.5, 0.6) is 0 Å². The van der Waals surface area contributed by atoms with E-state index in [2.05, 4.69) is 22.7 Å². The normalized spacial score (nSPS) is 15.6. The zero-order valence-electron chi connectivity index (χ0n) is 15.4. The van der Waals surface area contributed by atoms with Crippen molar-refractivity contribution in [2.45, 2.75) is 78.3 Å². The van der Waals surface area contributed by atoms with Crippen LogP contribution >= 0.6 is 12.4 Å². The number of carbonyl (C=O) groups excluding carboxylic acids is 1. The molecule has 0 radical (unpaired) electrons. The molecule has 0 saturated heterocycles. The van der Waals surface area contributed by atoms with E-state index in [4.69, 9.17) is 0 Å². The Hall–Kier alpha value is -1.07. The summed E-state index contributed by atoms with van der Waals surface area (Å²) in [6, 6.07) is 0.630. The highest BCUT2D eigenvalue weighted by molar-refractivity contribution is 5.96. The minimum absolute atomic E-state index is 0. The molecule has 0 bridgehead atoms. The number of aryl methyl sites for hydroxylation is 2. The van der Waals surface area contributed by atoms with E-state index in [0.29, 0.717) is 12.6 Å². The molecule has 2 rings (SSSR count). The van der Waals surface area contributed by atoms with Crippen LogP contribution in [0.2, 0.25) is 0 Å². The number of nitrogens with zero attached hydrogens (tertiary/aromatic N) is 2. The van der Waals surface area contributed by atoms with Crippen molar-refractivity contribution in [2.75, 3.05) is 13.1 Å². The topological polar surface area (TPSA) is 59.0 Å². The van der Waals surface area contributed by atoms with Crippen molar-refractivity contribution in [3.63, 3.8) is 0 Å². The molecule has 24 heavy (non-hydrogen) atoms. The third kappa shape index (κ3) is 5.78. The van der Waals surface area contributed by atoms with E-state index in [1.807, 2.05) is 18.5 Å². The van der Waals surface area contributed by atoms with Gasteiger partial charge in [0.25, 0.3) is 5.91 Å². The molecule has 6 heteroatoms. The van der Waals surface area contributed by atoms with Crippen LogP contribution in [0.4, 0.5) is 0 Å². The molecular formula is C18H33ClN4O. The maximum atomic E-state index is 12.4. The summed E-state index contributed by atoms with van der Waals surface area (Å²) < 4.78 is 1.94. The quantitative estimate of drug-likeness (QED) is 0.581. The Morgan fingerprint density at radius 3 is 2.46 bits per heavy atom. The highest BCUT2D eigenvalue weighted by Gasteiger charge is 2.18. The first kappa shape index (κ1) is 21.0. The third-order valence-electron chi connectivity index (χ3n) is 4.74. The van der Waals surface area contributed by atoms with Crippen molar-refractivity contribution in [3.8, 4) is 0 Å². The second kappa shape index (κ2) is 10.7. The van der Waals surface area contributed by atoms with Crippen molar-refractivity contribution < 1.29 is 4.79 Å². The largest absolute Gasteiger partial charge is 0.351 e. The van der Waals surface area contributed by atoms with Gasteiger partial charge in [-0.1, -0.05) is 32.6 Å². The predicted octanol–water partition coefficient (Wildman–Crippen LogP) is 3.37. The number of amides is 1. The zero-order chi connectivity index (χ0) is 16.7. The number of nitrogens with one attached hydrogen (secondary N) is 2. The minimum atomic E-state index is 0. The van der Waals surface area contributed by atoms with Crippen LogP contribution in [0.25, 0.3) is 0 Å². The van der Waals surface area contributed by atoms with Gasteiger partial charge in [0, 0.05) is 31.4 Å². The summed E-state index contributed by atoms with van der Waals surface area (Å²) in [6.45, 7) is 8.40. The van der Waals surface area contributed by atoms with Gasteiger partial charge in [-0.15, -0.1) is 12.4 Å². The average Bonchev–Trinajstić information content (AvgIpc) is 2.72. The molecule has 0 aromatic carbocycles. The lowest BCUT2D eigenvalue weighted by atomic mass is 10.1. The van der Waals surface area contributed by atoms with Crippen molar-refractivity contribution in [2.24, 2.45) is 0 Å². The van der Waals surface area contributed by atoms with Gasteiger partial charge in [-0.3, -0.25) is 9.48 Å². The van der Waals surface area contributed by atoms with Gasteiger partial charge in [0.2, 0.25) is 0 Å². The molecule has 0 unspecified atom stereocenters. The molecular weight excluding hydrogens is 324 g/mol. The van der Waals surface area contributed by atoms with E-state index in [1.165, 1.54) is 38.5 Å². The van der Waals surface area contributed by atoms with Crippen LogP contribution in [0, 0.1) is 13.8 Å². The summed E-state index contributed by atoms with van der Waals surface area (Å²) in [5, 5.41) is 11.1. The van der Waals surface area contributed by atoms with E-state index in [-0.39, 0.29) is 18.3 Å². The minimum Gasteiger partial charge on any atom is -0.351 e. The SMILES string of the molecule is CCCn1nc(C)c(C(=O)NCCNC2CCCCCC2)c1C.Cl. The number of hydrogen-bond acceptors (Lipinski definition) is 3. The van der Waals surface area contributed by atoms with Crippen molar-refractivity contribution in [1.82, 2.24) is 20.4 Å². The molecule has 5 nitrogen and oxygen atoms in total. The van der Waals surface area contributed by atoms with E-state index in [1.54, 1.807) is 0 Å². The van der Waals surface area contributed by atoms with Crippen LogP contribution in [-0.4, -0.2) is 34.8 Å². The van der Waals surface area contributed by atoms with E-state index >= 15 is 0 Å². The highest BCUT2D eigenvalue weighted by atomic mass is 35.5. The standard InChI is InChI=1S/C18H32N4O.ClH/c1-4-13-22-15(3)17(14(2)21-22)18(23)20-12-11-19-16-9-7-5-6-8-10-16;/h16,19H,4-13H2,1-3H3,(H,20,23);1H. The molecule has 1 aromatic heterocycles. The summed E-state index contributed by atoms with van der Waals surface area (Å²) in [7, 11) is 0. The van der Waals surface area contributed by atoms with Crippen molar-refractivity contribution in [3.05, 3.63) is 17.0 Å². The lowest BCUT2D eigenvalue weighted by Gasteiger charge is -2.16. The Balaban J connectivity index is 0.00000288. The lowest BCUT2D eigenvalue weighted by Crippen LogP contribution is -2.37. The monoisotopic (exact) mass is 356 g/mol. The number of carbonyl (C=O) groups is 1. The van der Waals surface area contributed by atoms with Gasteiger partial charge in [-0.25, -0.2) is 0 Å². The van der Waals surface area contributed by atoms with E-state index in [0.717, 1.165) is 36.5 Å². The van der Waals surface area contributed by atoms with Gasteiger partial charge in [0.05, 0.1) is 11.3 Å². The Morgan fingerprint density at radius 2 is 1.83 bits per heavy atom. The molecule has 1 fully saturated rings. The van der Waals surface area contributed by atoms with Crippen LogP contribution in [0.3, 0.4) is 0 Å². The highest BCUT2D eigenvalue weighted by Crippen LogP contribution is 2.17. The van der Waals surface area contributed by atoms with Crippen molar-refractivity contribution >= 4 is 18.3 Å². The van der Waals surface area contributed by atoms with Crippen LogP contribution in [-0.2, 0) is 6.54 Å². The summed E-state index contributed by atoms with van der Waals surface area (Å²) in [5.74, 6) is 0.00465. The van der Waals surface area contributed by atoms with Gasteiger partial charge in [-0.2, -0.15) is 5.10 Å². The van der Waals surface area contributed by atoms with Gasteiger partial charge >= 0.3 is 0 Å². The molecule has 0 aliphatic heterocycles. The van der Waals surface area contributed by atoms with Gasteiger partial charge in [-0.05, 0) is 33.1 Å². The second-order valence-corrected chi connectivity index (χ2v) is 6.67. The Morgan fingerprint density at radius 1 is 1.17 bits per heavy atom. The van der Waals surface area contributed by atoms with Gasteiger partial charge in [0.15, 0.2) is 0 Å². The molecule has 1 aromatic rings.